The molecule has 1 heterocycles. The van der Waals surface area contributed by atoms with Crippen molar-refractivity contribution in [3.63, 3.8) is 0 Å². The minimum Gasteiger partial charge on any atom is -0.298 e. The largest absolute Gasteiger partial charge is 0.298 e. The number of aldehydes is 1. The molecule has 0 aliphatic rings. The summed E-state index contributed by atoms with van der Waals surface area (Å²) in [6.07, 6.45) is 2.63. The van der Waals surface area contributed by atoms with Gasteiger partial charge in [0.05, 0.1) is 10.6 Å². The molecule has 52 valence electrons. The first-order chi connectivity index (χ1) is 4.75. The molecule has 0 aromatic carbocycles. The van der Waals surface area contributed by atoms with E-state index in [1.165, 1.54) is 0 Å². The van der Waals surface area contributed by atoms with Crippen LogP contribution < -0.4 is 0 Å². The maximum atomic E-state index is 12.6. The van der Waals surface area contributed by atoms with Gasteiger partial charge in [0.25, 0.3) is 0 Å². The number of halogens is 2. The SMILES string of the molecule is O=Cc1cncc(Cl)c1F. The molecule has 0 N–H and O–H groups in total. The topological polar surface area (TPSA) is 30.0 Å². The number of carbonyl (C=O) groups excluding carboxylic acids is 1. The Labute approximate surface area is 61.6 Å². The van der Waals surface area contributed by atoms with Crippen LogP contribution in [0.25, 0.3) is 0 Å². The summed E-state index contributed by atoms with van der Waals surface area (Å²) < 4.78 is 12.6. The summed E-state index contributed by atoms with van der Waals surface area (Å²) in [5.74, 6) is -0.716. The molecule has 10 heavy (non-hydrogen) atoms. The second-order valence-corrected chi connectivity index (χ2v) is 2.05. The number of nitrogens with zero attached hydrogens (tertiary/aromatic N) is 1. The molecule has 1 aromatic heterocycles. The molecule has 0 spiro atoms. The van der Waals surface area contributed by atoms with Gasteiger partial charge in [0.15, 0.2) is 12.1 Å². The molecule has 0 fully saturated rings. The number of hydrogen-bond acceptors (Lipinski definition) is 2. The lowest BCUT2D eigenvalue weighted by Crippen LogP contribution is -1.89. The lowest BCUT2D eigenvalue weighted by Gasteiger charge is -1.93. The molecular formula is C6H3ClFNO. The fourth-order valence-corrected chi connectivity index (χ4v) is 0.682. The molecule has 2 nitrogen and oxygen atoms in total. The highest BCUT2D eigenvalue weighted by molar-refractivity contribution is 6.30. The molecular weight excluding hydrogens is 157 g/mol. The van der Waals surface area contributed by atoms with Gasteiger partial charge in [0.1, 0.15) is 0 Å². The van der Waals surface area contributed by atoms with Crippen molar-refractivity contribution in [2.45, 2.75) is 0 Å². The van der Waals surface area contributed by atoms with E-state index in [4.69, 9.17) is 11.6 Å². The van der Waals surface area contributed by atoms with E-state index in [1.807, 2.05) is 0 Å². The Hall–Kier alpha value is -0.960. The maximum absolute atomic E-state index is 12.6. The molecule has 0 saturated carbocycles. The summed E-state index contributed by atoms with van der Waals surface area (Å²) in [6.45, 7) is 0. The Morgan fingerprint density at radius 3 is 2.80 bits per heavy atom. The maximum Gasteiger partial charge on any atom is 0.155 e. The Balaban J connectivity index is 3.27. The van der Waals surface area contributed by atoms with Crippen LogP contribution in [0.1, 0.15) is 10.4 Å². The van der Waals surface area contributed by atoms with Gasteiger partial charge in [-0.2, -0.15) is 0 Å². The van der Waals surface area contributed by atoms with Gasteiger partial charge in [0.2, 0.25) is 0 Å². The normalized spacial score (nSPS) is 9.40. The zero-order valence-corrected chi connectivity index (χ0v) is 5.60. The minimum absolute atomic E-state index is 0.118. The highest BCUT2D eigenvalue weighted by Gasteiger charge is 2.04. The van der Waals surface area contributed by atoms with Crippen LogP contribution in [0.15, 0.2) is 12.4 Å². The van der Waals surface area contributed by atoms with Crippen LogP contribution in [0.2, 0.25) is 5.02 Å². The van der Waals surface area contributed by atoms with Crippen LogP contribution in [0.4, 0.5) is 4.39 Å². The van der Waals surface area contributed by atoms with Crippen LogP contribution in [-0.4, -0.2) is 11.3 Å². The Morgan fingerprint density at radius 2 is 2.30 bits per heavy atom. The second-order valence-electron chi connectivity index (χ2n) is 1.64. The highest BCUT2D eigenvalue weighted by atomic mass is 35.5. The smallest absolute Gasteiger partial charge is 0.155 e. The Bertz CT molecular complexity index is 264. The number of hydrogen-bond donors (Lipinski definition) is 0. The molecule has 0 bridgehead atoms. The van der Waals surface area contributed by atoms with Gasteiger partial charge in [-0.3, -0.25) is 9.78 Å². The van der Waals surface area contributed by atoms with Crippen LogP contribution >= 0.6 is 11.6 Å². The first-order valence-corrected chi connectivity index (χ1v) is 2.87. The van der Waals surface area contributed by atoms with E-state index in [-0.39, 0.29) is 10.6 Å². The molecule has 0 amide bonds. The third-order valence-electron chi connectivity index (χ3n) is 0.992. The van der Waals surface area contributed by atoms with Crippen molar-refractivity contribution in [3.8, 4) is 0 Å². The molecule has 0 aliphatic carbocycles. The fourth-order valence-electron chi connectivity index (χ4n) is 0.516. The van der Waals surface area contributed by atoms with Crippen molar-refractivity contribution in [2.75, 3.05) is 0 Å². The van der Waals surface area contributed by atoms with Gasteiger partial charge in [0, 0.05) is 12.4 Å². The summed E-state index contributed by atoms with van der Waals surface area (Å²) >= 11 is 5.30. The fraction of sp³-hybridized carbons (Fsp3) is 0. The molecule has 0 radical (unpaired) electrons. The van der Waals surface area contributed by atoms with E-state index >= 15 is 0 Å². The van der Waals surface area contributed by atoms with E-state index in [0.717, 1.165) is 12.4 Å². The van der Waals surface area contributed by atoms with E-state index in [1.54, 1.807) is 0 Å². The summed E-state index contributed by atoms with van der Waals surface area (Å²) in [4.78, 5) is 13.6. The zero-order chi connectivity index (χ0) is 7.56. The molecule has 1 rings (SSSR count). The Morgan fingerprint density at radius 1 is 1.60 bits per heavy atom. The van der Waals surface area contributed by atoms with E-state index in [0.29, 0.717) is 6.29 Å². The van der Waals surface area contributed by atoms with Crippen LogP contribution in [0.3, 0.4) is 0 Å². The number of aromatic nitrogens is 1. The first-order valence-electron chi connectivity index (χ1n) is 2.50. The van der Waals surface area contributed by atoms with Crippen LogP contribution in [-0.2, 0) is 0 Å². The van der Waals surface area contributed by atoms with Crippen molar-refractivity contribution in [2.24, 2.45) is 0 Å². The predicted molar refractivity (Wildman–Crippen MR) is 34.6 cm³/mol. The zero-order valence-electron chi connectivity index (χ0n) is 4.84. The second kappa shape index (κ2) is 2.75. The van der Waals surface area contributed by atoms with E-state index in [2.05, 4.69) is 4.98 Å². The number of rotatable bonds is 1. The molecule has 1 aromatic rings. The van der Waals surface area contributed by atoms with Gasteiger partial charge in [-0.25, -0.2) is 4.39 Å². The van der Waals surface area contributed by atoms with E-state index < -0.39 is 5.82 Å². The van der Waals surface area contributed by atoms with Crippen LogP contribution in [0, 0.1) is 5.82 Å². The minimum atomic E-state index is -0.716. The van der Waals surface area contributed by atoms with E-state index in [9.17, 15) is 9.18 Å². The summed E-state index contributed by atoms with van der Waals surface area (Å²) in [5.41, 5.74) is -0.118. The van der Waals surface area contributed by atoms with Crippen LogP contribution in [0.5, 0.6) is 0 Å². The average molecular weight is 160 g/mol. The molecule has 0 unspecified atom stereocenters. The molecule has 0 saturated heterocycles. The van der Waals surface area contributed by atoms with Gasteiger partial charge in [-0.05, 0) is 0 Å². The summed E-state index contributed by atoms with van der Waals surface area (Å²) in [7, 11) is 0. The van der Waals surface area contributed by atoms with Gasteiger partial charge in [-0.1, -0.05) is 11.6 Å². The van der Waals surface area contributed by atoms with Crippen molar-refractivity contribution >= 4 is 17.9 Å². The predicted octanol–water partition coefficient (Wildman–Crippen LogP) is 1.69. The Kier molecular flexibility index (Phi) is 1.97. The summed E-state index contributed by atoms with van der Waals surface area (Å²) in [5, 5.41) is -0.135. The number of carbonyl (C=O) groups is 1. The summed E-state index contributed by atoms with van der Waals surface area (Å²) in [6, 6.07) is 0. The van der Waals surface area contributed by atoms with Crippen molar-refractivity contribution in [1.82, 2.24) is 4.98 Å². The molecule has 0 aliphatic heterocycles. The third-order valence-corrected chi connectivity index (χ3v) is 1.26. The third kappa shape index (κ3) is 1.14. The van der Waals surface area contributed by atoms with Gasteiger partial charge < -0.3 is 0 Å². The first kappa shape index (κ1) is 7.15. The average Bonchev–Trinajstić information content (AvgIpc) is 1.95. The molecule has 0 atom stereocenters. The molecule has 4 heteroatoms. The quantitative estimate of drug-likeness (QED) is 0.584. The van der Waals surface area contributed by atoms with Gasteiger partial charge >= 0.3 is 0 Å². The lowest BCUT2D eigenvalue weighted by atomic mass is 10.3. The monoisotopic (exact) mass is 159 g/mol. The standard InChI is InChI=1S/C6H3ClFNO/c7-5-2-9-1-4(3-10)6(5)8/h1-3H. The highest BCUT2D eigenvalue weighted by Crippen LogP contribution is 2.13. The van der Waals surface area contributed by atoms with Crippen molar-refractivity contribution < 1.29 is 9.18 Å². The lowest BCUT2D eigenvalue weighted by molar-refractivity contribution is 0.111. The van der Waals surface area contributed by atoms with Crippen molar-refractivity contribution in [1.29, 1.82) is 0 Å². The van der Waals surface area contributed by atoms with Crippen molar-refractivity contribution in [3.05, 3.63) is 28.8 Å². The number of pyridine rings is 1. The van der Waals surface area contributed by atoms with Gasteiger partial charge in [-0.15, -0.1) is 0 Å².